The Morgan fingerprint density at radius 3 is 2.68 bits per heavy atom. The van der Waals surface area contributed by atoms with E-state index < -0.39 is 0 Å². The standard InChI is InChI=1S/C21H23N5O2/c27-21(19-6-3-7-23-20(19)26-10-12-28-13-11-26)24-14-17-4-1-2-5-18(17)15-25-9-8-22-16-25/h1-9,16H,10-15H2,(H,24,27). The number of hydrogen-bond acceptors (Lipinski definition) is 5. The van der Waals surface area contributed by atoms with Crippen LogP contribution in [0.15, 0.2) is 61.3 Å². The summed E-state index contributed by atoms with van der Waals surface area (Å²) < 4.78 is 7.42. The maximum atomic E-state index is 12.9. The number of nitrogens with zero attached hydrogens (tertiary/aromatic N) is 4. The van der Waals surface area contributed by atoms with Crippen LogP contribution in [-0.4, -0.2) is 46.7 Å². The highest BCUT2D eigenvalue weighted by Gasteiger charge is 2.19. The van der Waals surface area contributed by atoms with E-state index in [9.17, 15) is 4.79 Å². The zero-order valence-electron chi connectivity index (χ0n) is 15.6. The summed E-state index contributed by atoms with van der Waals surface area (Å²) in [6.45, 7) is 3.97. The normalized spacial score (nSPS) is 14.1. The fourth-order valence-electron chi connectivity index (χ4n) is 3.33. The van der Waals surface area contributed by atoms with E-state index in [1.54, 1.807) is 24.8 Å². The van der Waals surface area contributed by atoms with E-state index in [-0.39, 0.29) is 5.91 Å². The Kier molecular flexibility index (Phi) is 5.63. The van der Waals surface area contributed by atoms with Crippen LogP contribution in [0, 0.1) is 0 Å². The van der Waals surface area contributed by atoms with Gasteiger partial charge in [-0.15, -0.1) is 0 Å². The number of carbonyl (C=O) groups excluding carboxylic acids is 1. The quantitative estimate of drug-likeness (QED) is 0.712. The molecule has 3 heterocycles. The number of nitrogens with one attached hydrogen (secondary N) is 1. The molecule has 0 spiro atoms. The van der Waals surface area contributed by atoms with Crippen LogP contribution in [0.5, 0.6) is 0 Å². The average molecular weight is 377 g/mol. The maximum Gasteiger partial charge on any atom is 0.255 e. The first-order chi connectivity index (χ1) is 13.8. The fraction of sp³-hybridized carbons (Fsp3) is 0.286. The third-order valence-electron chi connectivity index (χ3n) is 4.81. The number of ether oxygens (including phenoxy) is 1. The molecule has 0 unspecified atom stereocenters. The first-order valence-corrected chi connectivity index (χ1v) is 9.40. The summed E-state index contributed by atoms with van der Waals surface area (Å²) in [5.74, 6) is 0.599. The third kappa shape index (κ3) is 4.20. The summed E-state index contributed by atoms with van der Waals surface area (Å²) in [6.07, 6.45) is 7.21. The lowest BCUT2D eigenvalue weighted by molar-refractivity contribution is 0.0949. The average Bonchev–Trinajstić information content (AvgIpc) is 3.27. The van der Waals surface area contributed by atoms with E-state index in [1.807, 2.05) is 35.0 Å². The minimum Gasteiger partial charge on any atom is -0.378 e. The van der Waals surface area contributed by atoms with Crippen molar-refractivity contribution in [3.8, 4) is 0 Å². The van der Waals surface area contributed by atoms with Crippen molar-refractivity contribution in [3.05, 3.63) is 78.0 Å². The first kappa shape index (κ1) is 18.2. The summed E-state index contributed by atoms with van der Waals surface area (Å²) in [6, 6.07) is 11.7. The molecule has 1 aliphatic rings. The summed E-state index contributed by atoms with van der Waals surface area (Å²) in [7, 11) is 0. The Morgan fingerprint density at radius 2 is 1.89 bits per heavy atom. The molecule has 7 heteroatoms. The topological polar surface area (TPSA) is 72.3 Å². The van der Waals surface area contributed by atoms with Gasteiger partial charge in [-0.05, 0) is 23.3 Å². The van der Waals surface area contributed by atoms with Gasteiger partial charge < -0.3 is 19.5 Å². The van der Waals surface area contributed by atoms with Crippen molar-refractivity contribution in [1.29, 1.82) is 0 Å². The minimum absolute atomic E-state index is 0.118. The lowest BCUT2D eigenvalue weighted by Gasteiger charge is -2.29. The highest BCUT2D eigenvalue weighted by Crippen LogP contribution is 2.19. The van der Waals surface area contributed by atoms with Gasteiger partial charge in [0.25, 0.3) is 5.91 Å². The zero-order valence-corrected chi connectivity index (χ0v) is 15.6. The predicted molar refractivity (Wildman–Crippen MR) is 106 cm³/mol. The Balaban J connectivity index is 1.47. The number of amides is 1. The lowest BCUT2D eigenvalue weighted by atomic mass is 10.1. The van der Waals surface area contributed by atoms with Crippen LogP contribution < -0.4 is 10.2 Å². The Morgan fingerprint density at radius 1 is 1.07 bits per heavy atom. The van der Waals surface area contributed by atoms with Crippen molar-refractivity contribution in [1.82, 2.24) is 19.9 Å². The molecule has 1 amide bonds. The molecule has 7 nitrogen and oxygen atoms in total. The summed E-state index contributed by atoms with van der Waals surface area (Å²) in [4.78, 5) is 23.5. The van der Waals surface area contributed by atoms with Crippen LogP contribution in [0.25, 0.3) is 0 Å². The van der Waals surface area contributed by atoms with Gasteiger partial charge in [0.1, 0.15) is 5.82 Å². The van der Waals surface area contributed by atoms with E-state index in [2.05, 4.69) is 26.3 Å². The van der Waals surface area contributed by atoms with Crippen molar-refractivity contribution < 1.29 is 9.53 Å². The summed E-state index contributed by atoms with van der Waals surface area (Å²) in [5, 5.41) is 3.05. The summed E-state index contributed by atoms with van der Waals surface area (Å²) in [5.41, 5.74) is 2.83. The van der Waals surface area contributed by atoms with E-state index in [0.717, 1.165) is 36.6 Å². The van der Waals surface area contributed by atoms with Gasteiger partial charge in [0, 0.05) is 44.8 Å². The second kappa shape index (κ2) is 8.67. The van der Waals surface area contributed by atoms with E-state index in [1.165, 1.54) is 0 Å². The molecule has 0 radical (unpaired) electrons. The van der Waals surface area contributed by atoms with Crippen LogP contribution in [0.2, 0.25) is 0 Å². The third-order valence-corrected chi connectivity index (χ3v) is 4.81. The molecule has 0 bridgehead atoms. The molecule has 4 rings (SSSR count). The second-order valence-corrected chi connectivity index (χ2v) is 6.66. The Labute approximate surface area is 164 Å². The smallest absolute Gasteiger partial charge is 0.255 e. The molecule has 0 atom stereocenters. The number of morpholine rings is 1. The van der Waals surface area contributed by atoms with Crippen LogP contribution >= 0.6 is 0 Å². The predicted octanol–water partition coefficient (Wildman–Crippen LogP) is 2.09. The molecule has 3 aromatic rings. The molecule has 28 heavy (non-hydrogen) atoms. The molecule has 1 saturated heterocycles. The number of hydrogen-bond donors (Lipinski definition) is 1. The van der Waals surface area contributed by atoms with Crippen molar-refractivity contribution in [2.75, 3.05) is 31.2 Å². The molecule has 144 valence electrons. The minimum atomic E-state index is -0.118. The fourth-order valence-corrected chi connectivity index (χ4v) is 3.33. The van der Waals surface area contributed by atoms with Crippen molar-refractivity contribution >= 4 is 11.7 Å². The number of imidazole rings is 1. The molecule has 1 N–H and O–H groups in total. The molecule has 1 fully saturated rings. The van der Waals surface area contributed by atoms with Gasteiger partial charge in [0.05, 0.1) is 25.1 Å². The van der Waals surface area contributed by atoms with Crippen LogP contribution in [-0.2, 0) is 17.8 Å². The van der Waals surface area contributed by atoms with Gasteiger partial charge in [-0.1, -0.05) is 24.3 Å². The van der Waals surface area contributed by atoms with Gasteiger partial charge in [0.2, 0.25) is 0 Å². The number of carbonyl (C=O) groups is 1. The van der Waals surface area contributed by atoms with Crippen LogP contribution in [0.3, 0.4) is 0 Å². The van der Waals surface area contributed by atoms with Crippen molar-refractivity contribution in [2.24, 2.45) is 0 Å². The Bertz CT molecular complexity index is 920. The highest BCUT2D eigenvalue weighted by molar-refractivity contribution is 5.98. The molecule has 2 aromatic heterocycles. The zero-order chi connectivity index (χ0) is 19.2. The SMILES string of the molecule is O=C(NCc1ccccc1Cn1ccnc1)c1cccnc1N1CCOCC1. The molecule has 0 saturated carbocycles. The van der Waals surface area contributed by atoms with E-state index >= 15 is 0 Å². The Hall–Kier alpha value is -3.19. The molecular weight excluding hydrogens is 354 g/mol. The summed E-state index contributed by atoms with van der Waals surface area (Å²) >= 11 is 0. The van der Waals surface area contributed by atoms with Crippen LogP contribution in [0.4, 0.5) is 5.82 Å². The molecule has 1 aromatic carbocycles. The number of rotatable bonds is 6. The number of anilines is 1. The monoisotopic (exact) mass is 377 g/mol. The van der Waals surface area contributed by atoms with Crippen molar-refractivity contribution in [2.45, 2.75) is 13.1 Å². The van der Waals surface area contributed by atoms with Gasteiger partial charge in [-0.2, -0.15) is 0 Å². The van der Waals surface area contributed by atoms with Gasteiger partial charge in [-0.25, -0.2) is 9.97 Å². The largest absolute Gasteiger partial charge is 0.378 e. The van der Waals surface area contributed by atoms with E-state index in [0.29, 0.717) is 25.3 Å². The first-order valence-electron chi connectivity index (χ1n) is 9.40. The van der Waals surface area contributed by atoms with E-state index in [4.69, 9.17) is 4.74 Å². The number of pyridine rings is 1. The molecular formula is C21H23N5O2. The second-order valence-electron chi connectivity index (χ2n) is 6.66. The molecule has 1 aliphatic heterocycles. The van der Waals surface area contributed by atoms with Crippen LogP contribution in [0.1, 0.15) is 21.5 Å². The van der Waals surface area contributed by atoms with Gasteiger partial charge >= 0.3 is 0 Å². The maximum absolute atomic E-state index is 12.9. The number of aromatic nitrogens is 3. The van der Waals surface area contributed by atoms with Crippen molar-refractivity contribution in [3.63, 3.8) is 0 Å². The molecule has 0 aliphatic carbocycles. The number of benzene rings is 1. The van der Waals surface area contributed by atoms with Gasteiger partial charge in [-0.3, -0.25) is 4.79 Å². The van der Waals surface area contributed by atoms with Gasteiger partial charge in [0.15, 0.2) is 0 Å². The highest BCUT2D eigenvalue weighted by atomic mass is 16.5. The lowest BCUT2D eigenvalue weighted by Crippen LogP contribution is -2.38.